The van der Waals surface area contributed by atoms with Gasteiger partial charge in [0, 0.05) is 25.3 Å². The minimum Gasteiger partial charge on any atom is -0.393 e. The van der Waals surface area contributed by atoms with Crippen LogP contribution in [0.15, 0.2) is 54.6 Å². The third-order valence-corrected chi connectivity index (χ3v) is 5.77. The molecule has 0 bridgehead atoms. The Morgan fingerprint density at radius 2 is 1.97 bits per heavy atom. The first kappa shape index (κ1) is 24.3. The van der Waals surface area contributed by atoms with E-state index in [4.69, 9.17) is 0 Å². The molecule has 2 rings (SSSR count). The molecule has 0 aromatic heterocycles. The van der Waals surface area contributed by atoms with Crippen molar-refractivity contribution in [2.45, 2.75) is 70.2 Å². The van der Waals surface area contributed by atoms with E-state index in [0.717, 1.165) is 19.3 Å². The largest absolute Gasteiger partial charge is 0.393 e. The summed E-state index contributed by atoms with van der Waals surface area (Å²) in [4.78, 5) is 11.4. The van der Waals surface area contributed by atoms with Crippen molar-refractivity contribution in [1.29, 1.82) is 0 Å². The van der Waals surface area contributed by atoms with Gasteiger partial charge in [0.05, 0.1) is 18.3 Å². The van der Waals surface area contributed by atoms with Crippen LogP contribution < -0.4 is 5.32 Å². The van der Waals surface area contributed by atoms with Gasteiger partial charge < -0.3 is 20.6 Å². The topological polar surface area (TPSA) is 89.8 Å². The molecule has 0 radical (unpaired) electrons. The summed E-state index contributed by atoms with van der Waals surface area (Å²) in [5, 5.41) is 33.8. The van der Waals surface area contributed by atoms with Gasteiger partial charge in [-0.15, -0.1) is 0 Å². The first-order valence-corrected chi connectivity index (χ1v) is 11.2. The molecule has 4 N–H and O–H groups in total. The lowest BCUT2D eigenvalue weighted by Gasteiger charge is -2.19. The molecule has 0 saturated heterocycles. The van der Waals surface area contributed by atoms with E-state index in [2.05, 4.69) is 5.32 Å². The Kier molecular flexibility index (Phi) is 10.8. The van der Waals surface area contributed by atoms with Gasteiger partial charge in [-0.25, -0.2) is 0 Å². The lowest BCUT2D eigenvalue weighted by molar-refractivity contribution is -0.121. The Bertz CT molecular complexity index is 673. The maximum atomic E-state index is 11.4. The van der Waals surface area contributed by atoms with Gasteiger partial charge in [-0.2, -0.15) is 0 Å². The lowest BCUT2D eigenvalue weighted by atomic mass is 9.89. The molecule has 1 fully saturated rings. The third-order valence-electron chi connectivity index (χ3n) is 5.77. The molecule has 1 aromatic rings. The van der Waals surface area contributed by atoms with Crippen molar-refractivity contribution in [1.82, 2.24) is 5.32 Å². The molecule has 1 aromatic carbocycles. The molecule has 1 amide bonds. The highest BCUT2D eigenvalue weighted by molar-refractivity contribution is 5.75. The predicted molar refractivity (Wildman–Crippen MR) is 120 cm³/mol. The second kappa shape index (κ2) is 13.4. The van der Waals surface area contributed by atoms with Gasteiger partial charge >= 0.3 is 0 Å². The van der Waals surface area contributed by atoms with E-state index in [1.54, 1.807) is 6.08 Å². The summed E-state index contributed by atoms with van der Waals surface area (Å²) in [6, 6.07) is 10.1. The second-order valence-electron chi connectivity index (χ2n) is 8.14. The van der Waals surface area contributed by atoms with Crippen molar-refractivity contribution < 1.29 is 20.1 Å². The summed E-state index contributed by atoms with van der Waals surface area (Å²) in [6.07, 6.45) is 10.6. The number of carbonyl (C=O) groups is 1. The molecule has 0 unspecified atom stereocenters. The number of allylic oxidation sites excluding steroid dienone is 2. The van der Waals surface area contributed by atoms with Gasteiger partial charge in [0.2, 0.25) is 5.91 Å². The van der Waals surface area contributed by atoms with Crippen molar-refractivity contribution in [2.24, 2.45) is 11.8 Å². The number of aryl methyl sites for hydroxylation is 1. The first-order valence-electron chi connectivity index (χ1n) is 11.2. The van der Waals surface area contributed by atoms with E-state index >= 15 is 0 Å². The molecule has 1 aliphatic carbocycles. The zero-order chi connectivity index (χ0) is 21.8. The number of amides is 1. The van der Waals surface area contributed by atoms with Gasteiger partial charge in [-0.3, -0.25) is 4.79 Å². The standard InChI is InChI=1S/C25H37NO4/c1-2-26-25(30)13-9-4-3-8-12-21-22(24(29)18-23(21)28)17-16-20(27)15-14-19-10-6-5-7-11-19/h3,5-8,10-11,16-17,20-24,27-29H,2,4,9,12-15,18H2,1H3,(H,26,30)/b8-3-,17-16+/t20-,21+,22-,23-,24+/m0/s1. The van der Waals surface area contributed by atoms with Crippen molar-refractivity contribution in [3.05, 3.63) is 60.2 Å². The van der Waals surface area contributed by atoms with Crippen LogP contribution in [-0.4, -0.2) is 46.1 Å². The number of carbonyl (C=O) groups excluding carboxylic acids is 1. The summed E-state index contributed by atoms with van der Waals surface area (Å²) in [6.45, 7) is 2.57. The van der Waals surface area contributed by atoms with Crippen molar-refractivity contribution in [2.75, 3.05) is 6.54 Å². The Labute approximate surface area is 180 Å². The molecule has 1 aliphatic rings. The summed E-state index contributed by atoms with van der Waals surface area (Å²) in [5.74, 6) is -0.139. The Morgan fingerprint density at radius 1 is 1.20 bits per heavy atom. The van der Waals surface area contributed by atoms with E-state index in [1.165, 1.54) is 5.56 Å². The number of rotatable bonds is 12. The van der Waals surface area contributed by atoms with Gasteiger partial charge in [0.15, 0.2) is 0 Å². The molecule has 5 nitrogen and oxygen atoms in total. The zero-order valence-corrected chi connectivity index (χ0v) is 18.0. The molecule has 0 spiro atoms. The fraction of sp³-hybridized carbons (Fsp3) is 0.560. The number of benzene rings is 1. The van der Waals surface area contributed by atoms with E-state index < -0.39 is 18.3 Å². The smallest absolute Gasteiger partial charge is 0.219 e. The molecular weight excluding hydrogens is 378 g/mol. The molecule has 5 atom stereocenters. The van der Waals surface area contributed by atoms with Crippen LogP contribution in [0.3, 0.4) is 0 Å². The number of hydrogen-bond acceptors (Lipinski definition) is 4. The van der Waals surface area contributed by atoms with Crippen LogP contribution in [0, 0.1) is 11.8 Å². The third kappa shape index (κ3) is 8.42. The van der Waals surface area contributed by atoms with Gasteiger partial charge in [0.1, 0.15) is 0 Å². The quantitative estimate of drug-likeness (QED) is 0.312. The molecule has 166 valence electrons. The summed E-state index contributed by atoms with van der Waals surface area (Å²) in [5.41, 5.74) is 1.19. The maximum absolute atomic E-state index is 11.4. The maximum Gasteiger partial charge on any atom is 0.219 e. The van der Waals surface area contributed by atoms with Crippen LogP contribution in [0.5, 0.6) is 0 Å². The molecule has 0 heterocycles. The van der Waals surface area contributed by atoms with Gasteiger partial charge in [-0.05, 0) is 50.5 Å². The zero-order valence-electron chi connectivity index (χ0n) is 18.0. The number of aliphatic hydroxyl groups is 3. The predicted octanol–water partition coefficient (Wildman–Crippen LogP) is 3.15. The van der Waals surface area contributed by atoms with E-state index in [0.29, 0.717) is 32.2 Å². The van der Waals surface area contributed by atoms with E-state index in [-0.39, 0.29) is 17.7 Å². The summed E-state index contributed by atoms with van der Waals surface area (Å²) in [7, 11) is 0. The number of nitrogens with one attached hydrogen (secondary N) is 1. The highest BCUT2D eigenvalue weighted by atomic mass is 16.3. The molecule has 5 heteroatoms. The van der Waals surface area contributed by atoms with Gasteiger partial charge in [-0.1, -0.05) is 54.6 Å². The van der Waals surface area contributed by atoms with Crippen molar-refractivity contribution >= 4 is 5.91 Å². The highest BCUT2D eigenvalue weighted by Gasteiger charge is 2.39. The van der Waals surface area contributed by atoms with Crippen LogP contribution in [0.2, 0.25) is 0 Å². The SMILES string of the molecule is CCNC(=O)CCC/C=C\C[C@@H]1[C@H](/C=C/[C@@H](O)CCc2ccccc2)[C@H](O)C[C@@H]1O. The van der Waals surface area contributed by atoms with E-state index in [9.17, 15) is 20.1 Å². The normalized spacial score (nSPS) is 25.2. The lowest BCUT2D eigenvalue weighted by Crippen LogP contribution is -2.21. The molecule has 1 saturated carbocycles. The number of aliphatic hydroxyl groups excluding tert-OH is 3. The number of unbranched alkanes of at least 4 members (excludes halogenated alkanes) is 1. The van der Waals surface area contributed by atoms with Crippen LogP contribution >= 0.6 is 0 Å². The average Bonchev–Trinajstić information content (AvgIpc) is 3.00. The van der Waals surface area contributed by atoms with E-state index in [1.807, 2.05) is 55.5 Å². The average molecular weight is 416 g/mol. The van der Waals surface area contributed by atoms with Crippen molar-refractivity contribution in [3.63, 3.8) is 0 Å². The Balaban J connectivity index is 1.78. The van der Waals surface area contributed by atoms with Crippen LogP contribution in [0.1, 0.15) is 51.0 Å². The fourth-order valence-corrected chi connectivity index (χ4v) is 4.06. The van der Waals surface area contributed by atoms with Crippen molar-refractivity contribution in [3.8, 4) is 0 Å². The molecular formula is C25H37NO4. The Hall–Kier alpha value is -1.95. The molecule has 0 aliphatic heterocycles. The summed E-state index contributed by atoms with van der Waals surface area (Å²) >= 11 is 0. The highest BCUT2D eigenvalue weighted by Crippen LogP contribution is 2.36. The molecule has 30 heavy (non-hydrogen) atoms. The van der Waals surface area contributed by atoms with Gasteiger partial charge in [0.25, 0.3) is 0 Å². The van der Waals surface area contributed by atoms with Crippen LogP contribution in [0.4, 0.5) is 0 Å². The fourth-order valence-electron chi connectivity index (χ4n) is 4.06. The number of hydrogen-bond donors (Lipinski definition) is 4. The second-order valence-corrected chi connectivity index (χ2v) is 8.14. The van der Waals surface area contributed by atoms with Crippen LogP contribution in [-0.2, 0) is 11.2 Å². The monoisotopic (exact) mass is 415 g/mol. The minimum atomic E-state index is -0.589. The Morgan fingerprint density at radius 3 is 2.70 bits per heavy atom. The summed E-state index contributed by atoms with van der Waals surface area (Å²) < 4.78 is 0. The first-order chi connectivity index (χ1) is 14.5. The minimum absolute atomic E-state index is 0.0581. The van der Waals surface area contributed by atoms with Crippen LogP contribution in [0.25, 0.3) is 0 Å².